The van der Waals surface area contributed by atoms with Crippen LogP contribution in [0.1, 0.15) is 17.8 Å². The number of hydrogen-bond donors (Lipinski definition) is 2. The molecule has 0 radical (unpaired) electrons. The predicted molar refractivity (Wildman–Crippen MR) is 76.8 cm³/mol. The Hall–Kier alpha value is 0.0200. The molecule has 3 unspecified atom stereocenters. The van der Waals surface area contributed by atoms with Crippen LogP contribution in [0.25, 0.3) is 0 Å². The summed E-state index contributed by atoms with van der Waals surface area (Å²) in [6.45, 7) is 4.21. The Morgan fingerprint density at radius 3 is 3.00 bits per heavy atom. The van der Waals surface area contributed by atoms with Crippen LogP contribution in [-0.4, -0.2) is 48.5 Å². The molecule has 1 saturated heterocycles. The maximum absolute atomic E-state index is 9.48. The van der Waals surface area contributed by atoms with Gasteiger partial charge in [-0.2, -0.15) is 0 Å². The Bertz CT molecular complexity index is 386. The summed E-state index contributed by atoms with van der Waals surface area (Å²) < 4.78 is 6.53. The molecule has 1 aliphatic rings. The number of aliphatic hydroxyl groups excluding tert-OH is 1. The highest BCUT2D eigenvalue weighted by Crippen LogP contribution is 2.34. The summed E-state index contributed by atoms with van der Waals surface area (Å²) in [5.41, 5.74) is 6.15. The highest BCUT2D eigenvalue weighted by atomic mass is 79.9. The van der Waals surface area contributed by atoms with Crippen molar-refractivity contribution < 1.29 is 9.84 Å². The largest absolute Gasteiger partial charge is 0.395 e. The third-order valence-electron chi connectivity index (χ3n) is 3.22. The first-order valence-electron chi connectivity index (χ1n) is 6.08. The molecule has 1 aromatic rings. The van der Waals surface area contributed by atoms with E-state index >= 15 is 0 Å². The van der Waals surface area contributed by atoms with Gasteiger partial charge in [-0.1, -0.05) is 0 Å². The molecular weight excluding hydrogens is 316 g/mol. The lowest BCUT2D eigenvalue weighted by Crippen LogP contribution is -2.52. The highest BCUT2D eigenvalue weighted by Gasteiger charge is 2.32. The minimum atomic E-state index is 0.0164. The molecule has 2 heterocycles. The van der Waals surface area contributed by atoms with E-state index in [2.05, 4.69) is 26.9 Å². The normalized spacial score (nSPS) is 25.0. The van der Waals surface area contributed by atoms with Gasteiger partial charge in [0.05, 0.1) is 35.7 Å². The summed E-state index contributed by atoms with van der Waals surface area (Å²) in [4.78, 5) is 3.50. The number of halogens is 1. The number of rotatable bonds is 4. The monoisotopic (exact) mass is 334 g/mol. The van der Waals surface area contributed by atoms with Crippen molar-refractivity contribution in [2.45, 2.75) is 25.0 Å². The summed E-state index contributed by atoms with van der Waals surface area (Å²) in [6.07, 6.45) is 0. The van der Waals surface area contributed by atoms with E-state index in [0.717, 1.165) is 10.3 Å². The van der Waals surface area contributed by atoms with E-state index in [1.165, 1.54) is 4.88 Å². The molecule has 0 aliphatic carbocycles. The minimum absolute atomic E-state index is 0.0164. The van der Waals surface area contributed by atoms with Gasteiger partial charge < -0.3 is 15.6 Å². The molecule has 4 nitrogen and oxygen atoms in total. The van der Waals surface area contributed by atoms with E-state index in [4.69, 9.17) is 10.5 Å². The molecule has 3 atom stereocenters. The summed E-state index contributed by atoms with van der Waals surface area (Å²) in [5, 5.41) is 9.48. The fourth-order valence-corrected chi connectivity index (χ4v) is 4.06. The third kappa shape index (κ3) is 3.12. The Labute approximate surface area is 120 Å². The average Bonchev–Trinajstić information content (AvgIpc) is 2.76. The van der Waals surface area contributed by atoms with Crippen molar-refractivity contribution >= 4 is 27.3 Å². The van der Waals surface area contributed by atoms with Gasteiger partial charge in [0.1, 0.15) is 0 Å². The molecule has 1 fully saturated rings. The van der Waals surface area contributed by atoms with Gasteiger partial charge in [0, 0.05) is 17.5 Å². The SMILES string of the molecule is CC(N)C(c1ccc(Br)s1)N1CCOCC1CO. The Morgan fingerprint density at radius 1 is 1.67 bits per heavy atom. The Balaban J connectivity index is 2.23. The van der Waals surface area contributed by atoms with Gasteiger partial charge in [0.15, 0.2) is 0 Å². The summed E-state index contributed by atoms with van der Waals surface area (Å²) >= 11 is 5.19. The van der Waals surface area contributed by atoms with Crippen molar-refractivity contribution in [2.24, 2.45) is 5.73 Å². The first kappa shape index (κ1) is 14.4. The lowest BCUT2D eigenvalue weighted by molar-refractivity contribution is -0.0509. The molecule has 1 aromatic heterocycles. The van der Waals surface area contributed by atoms with Crippen molar-refractivity contribution in [1.29, 1.82) is 0 Å². The van der Waals surface area contributed by atoms with E-state index < -0.39 is 0 Å². The van der Waals surface area contributed by atoms with Crippen LogP contribution in [0, 0.1) is 0 Å². The molecule has 2 rings (SSSR count). The van der Waals surface area contributed by atoms with Crippen molar-refractivity contribution in [3.8, 4) is 0 Å². The maximum Gasteiger partial charge on any atom is 0.0702 e. The fraction of sp³-hybridized carbons (Fsp3) is 0.667. The van der Waals surface area contributed by atoms with Gasteiger partial charge in [-0.25, -0.2) is 0 Å². The van der Waals surface area contributed by atoms with Crippen LogP contribution in [-0.2, 0) is 4.74 Å². The maximum atomic E-state index is 9.48. The number of morpholine rings is 1. The Morgan fingerprint density at radius 2 is 2.44 bits per heavy atom. The average molecular weight is 335 g/mol. The van der Waals surface area contributed by atoms with E-state index in [1.807, 2.05) is 13.0 Å². The highest BCUT2D eigenvalue weighted by molar-refractivity contribution is 9.11. The van der Waals surface area contributed by atoms with Crippen LogP contribution >= 0.6 is 27.3 Å². The molecule has 102 valence electrons. The second kappa shape index (κ2) is 6.45. The zero-order valence-corrected chi connectivity index (χ0v) is 12.8. The molecule has 18 heavy (non-hydrogen) atoms. The molecule has 6 heteroatoms. The molecule has 3 N–H and O–H groups in total. The summed E-state index contributed by atoms with van der Waals surface area (Å²) in [6, 6.07) is 4.34. The minimum Gasteiger partial charge on any atom is -0.395 e. The summed E-state index contributed by atoms with van der Waals surface area (Å²) in [7, 11) is 0. The second-order valence-electron chi connectivity index (χ2n) is 4.59. The van der Waals surface area contributed by atoms with Crippen molar-refractivity contribution in [1.82, 2.24) is 4.90 Å². The van der Waals surface area contributed by atoms with Crippen LogP contribution in [0.3, 0.4) is 0 Å². The van der Waals surface area contributed by atoms with Gasteiger partial charge in [0.25, 0.3) is 0 Å². The predicted octanol–water partition coefficient (Wildman–Crippen LogP) is 1.59. The van der Waals surface area contributed by atoms with Crippen LogP contribution < -0.4 is 5.73 Å². The fourth-order valence-electron chi connectivity index (χ4n) is 2.40. The molecule has 0 aromatic carbocycles. The molecule has 0 saturated carbocycles. The van der Waals surface area contributed by atoms with E-state index in [0.29, 0.717) is 13.2 Å². The van der Waals surface area contributed by atoms with Crippen LogP contribution in [0.2, 0.25) is 0 Å². The van der Waals surface area contributed by atoms with Gasteiger partial charge >= 0.3 is 0 Å². The van der Waals surface area contributed by atoms with Crippen LogP contribution in [0.4, 0.5) is 0 Å². The standard InChI is InChI=1S/C12H19BrN2O2S/c1-8(14)12(10-2-3-11(13)18-10)15-4-5-17-7-9(15)6-16/h2-3,8-9,12,16H,4-7,14H2,1H3. The van der Waals surface area contributed by atoms with E-state index in [-0.39, 0.29) is 24.7 Å². The number of nitrogens with zero attached hydrogens (tertiary/aromatic N) is 1. The van der Waals surface area contributed by atoms with Crippen molar-refractivity contribution in [3.63, 3.8) is 0 Å². The Kier molecular flexibility index (Phi) is 5.17. The zero-order valence-electron chi connectivity index (χ0n) is 10.4. The lowest BCUT2D eigenvalue weighted by atomic mass is 10.0. The van der Waals surface area contributed by atoms with E-state index in [9.17, 15) is 5.11 Å². The number of aliphatic hydroxyl groups is 1. The van der Waals surface area contributed by atoms with Gasteiger partial charge in [-0.15, -0.1) is 11.3 Å². The van der Waals surface area contributed by atoms with Crippen LogP contribution in [0.15, 0.2) is 15.9 Å². The van der Waals surface area contributed by atoms with Gasteiger partial charge in [-0.05, 0) is 35.0 Å². The van der Waals surface area contributed by atoms with Crippen molar-refractivity contribution in [2.75, 3.05) is 26.4 Å². The first-order chi connectivity index (χ1) is 8.63. The lowest BCUT2D eigenvalue weighted by Gasteiger charge is -2.41. The van der Waals surface area contributed by atoms with Gasteiger partial charge in [-0.3, -0.25) is 4.90 Å². The zero-order chi connectivity index (χ0) is 13.1. The number of ether oxygens (including phenoxy) is 1. The van der Waals surface area contributed by atoms with E-state index in [1.54, 1.807) is 11.3 Å². The smallest absolute Gasteiger partial charge is 0.0702 e. The third-order valence-corrected chi connectivity index (χ3v) is 4.92. The molecule has 0 bridgehead atoms. The quantitative estimate of drug-likeness (QED) is 0.877. The molecule has 1 aliphatic heterocycles. The molecular formula is C12H19BrN2O2S. The number of nitrogens with two attached hydrogens (primary N) is 1. The van der Waals surface area contributed by atoms with Gasteiger partial charge in [0.2, 0.25) is 0 Å². The van der Waals surface area contributed by atoms with Crippen LogP contribution in [0.5, 0.6) is 0 Å². The number of thiophene rings is 1. The topological polar surface area (TPSA) is 58.7 Å². The molecule has 0 amide bonds. The molecule has 0 spiro atoms. The summed E-state index contributed by atoms with van der Waals surface area (Å²) in [5.74, 6) is 0. The second-order valence-corrected chi connectivity index (χ2v) is 7.09. The van der Waals surface area contributed by atoms with Crippen molar-refractivity contribution in [3.05, 3.63) is 20.8 Å². The number of hydrogen-bond acceptors (Lipinski definition) is 5. The first-order valence-corrected chi connectivity index (χ1v) is 7.69.